The van der Waals surface area contributed by atoms with Gasteiger partial charge < -0.3 is 9.26 Å². The van der Waals surface area contributed by atoms with Gasteiger partial charge in [0.2, 0.25) is 0 Å². The van der Waals surface area contributed by atoms with Gasteiger partial charge in [-0.15, -0.1) is 0 Å². The summed E-state index contributed by atoms with van der Waals surface area (Å²) in [7, 11) is -1.14. The van der Waals surface area contributed by atoms with Gasteiger partial charge in [0.05, 0.1) is 6.61 Å². The van der Waals surface area contributed by atoms with Crippen LogP contribution in [-0.4, -0.2) is 26.8 Å². The molecule has 1 aliphatic rings. The first-order valence-electron chi connectivity index (χ1n) is 7.93. The fourth-order valence-electron chi connectivity index (χ4n) is 2.66. The zero-order valence-electron chi connectivity index (χ0n) is 14.2. The van der Waals surface area contributed by atoms with Gasteiger partial charge in [0.15, 0.2) is 0 Å². The summed E-state index contributed by atoms with van der Waals surface area (Å²) in [6.45, 7) is 2.05. The minimum absolute atomic E-state index is 0.305. The maximum absolute atomic E-state index is 12.4. The minimum Gasteiger partial charge on any atom is -0.463 e. The number of carbonyl (C=O) groups excluding carboxylic acids is 1. The van der Waals surface area contributed by atoms with Gasteiger partial charge in [0.1, 0.15) is 5.75 Å². The van der Waals surface area contributed by atoms with Crippen molar-refractivity contribution in [1.29, 1.82) is 0 Å². The van der Waals surface area contributed by atoms with Crippen molar-refractivity contribution in [2.75, 3.05) is 20.8 Å². The second-order valence-corrected chi connectivity index (χ2v) is 7.13. The lowest BCUT2D eigenvalue weighted by Gasteiger charge is -2.23. The number of hydrogen-bond donors (Lipinski definition) is 0. The van der Waals surface area contributed by atoms with E-state index in [1.165, 1.54) is 20.3 Å². The van der Waals surface area contributed by atoms with Crippen LogP contribution in [0, 0.1) is 0 Å². The summed E-state index contributed by atoms with van der Waals surface area (Å²) in [5.74, 6) is 0.00242. The van der Waals surface area contributed by atoms with Crippen LogP contribution in [0.3, 0.4) is 0 Å². The Labute approximate surface area is 142 Å². The van der Waals surface area contributed by atoms with Crippen molar-refractivity contribution in [1.82, 2.24) is 0 Å². The summed E-state index contributed by atoms with van der Waals surface area (Å²) in [5, 5.41) is 0. The molecule has 0 unspecified atom stereocenters. The van der Waals surface area contributed by atoms with Crippen LogP contribution in [0.2, 0.25) is 0 Å². The molecule has 1 aromatic rings. The van der Waals surface area contributed by atoms with Gasteiger partial charge >= 0.3 is 13.8 Å². The van der Waals surface area contributed by atoms with Crippen LogP contribution < -0.4 is 4.52 Å². The molecule has 0 fully saturated rings. The molecular formula is C17H23O6P. The molecule has 0 N–H and O–H groups in total. The molecule has 0 atom stereocenters. The molecule has 132 valence electrons. The van der Waals surface area contributed by atoms with E-state index in [-0.39, 0.29) is 0 Å². The Morgan fingerprint density at radius 1 is 1.21 bits per heavy atom. The van der Waals surface area contributed by atoms with Crippen LogP contribution >= 0.6 is 7.82 Å². The first kappa shape index (κ1) is 18.7. The molecule has 1 aliphatic carbocycles. The Kier molecular flexibility index (Phi) is 6.60. The number of fused-ring (bicyclic) bond motifs is 1. The van der Waals surface area contributed by atoms with Gasteiger partial charge in [-0.1, -0.05) is 12.1 Å². The van der Waals surface area contributed by atoms with E-state index in [0.717, 1.165) is 36.8 Å². The van der Waals surface area contributed by atoms with Crippen molar-refractivity contribution >= 4 is 19.9 Å². The number of hydrogen-bond acceptors (Lipinski definition) is 6. The van der Waals surface area contributed by atoms with Crippen molar-refractivity contribution in [3.05, 3.63) is 34.9 Å². The lowest BCUT2D eigenvalue weighted by molar-refractivity contribution is -0.137. The van der Waals surface area contributed by atoms with E-state index in [9.17, 15) is 9.36 Å². The first-order chi connectivity index (χ1) is 11.5. The smallest absolute Gasteiger partial charge is 0.463 e. The van der Waals surface area contributed by atoms with Crippen molar-refractivity contribution in [3.8, 4) is 5.75 Å². The second-order valence-electron chi connectivity index (χ2n) is 5.32. The lowest BCUT2D eigenvalue weighted by atomic mass is 9.89. The molecule has 0 amide bonds. The van der Waals surface area contributed by atoms with Crippen LogP contribution in [0.1, 0.15) is 36.5 Å². The highest BCUT2D eigenvalue weighted by atomic mass is 31.2. The van der Waals surface area contributed by atoms with Crippen molar-refractivity contribution in [3.63, 3.8) is 0 Å². The number of phosphoric ester groups is 1. The summed E-state index contributed by atoms with van der Waals surface area (Å²) in [4.78, 5) is 11.6. The molecule has 0 radical (unpaired) electrons. The molecule has 0 bridgehead atoms. The van der Waals surface area contributed by atoms with E-state index in [2.05, 4.69) is 0 Å². The fraction of sp³-hybridized carbons (Fsp3) is 0.471. The van der Waals surface area contributed by atoms with Gasteiger partial charge in [0, 0.05) is 25.9 Å². The summed E-state index contributed by atoms with van der Waals surface area (Å²) in [6.07, 6.45) is 6.82. The molecular weight excluding hydrogens is 331 g/mol. The zero-order chi connectivity index (χ0) is 17.6. The van der Waals surface area contributed by atoms with E-state index in [1.54, 1.807) is 13.0 Å². The second kappa shape index (κ2) is 8.47. The average Bonchev–Trinajstić information content (AvgIpc) is 2.61. The molecule has 1 aromatic carbocycles. The number of phosphoric acid groups is 1. The van der Waals surface area contributed by atoms with E-state index >= 15 is 0 Å². The number of ether oxygens (including phenoxy) is 1. The lowest BCUT2D eigenvalue weighted by Crippen LogP contribution is -2.08. The molecule has 6 nitrogen and oxygen atoms in total. The Balaban J connectivity index is 2.42. The summed E-state index contributed by atoms with van der Waals surface area (Å²) < 4.78 is 32.7. The third-order valence-corrected chi connectivity index (χ3v) is 5.15. The van der Waals surface area contributed by atoms with Gasteiger partial charge in [0.25, 0.3) is 0 Å². The maximum Gasteiger partial charge on any atom is 0.529 e. The zero-order valence-corrected chi connectivity index (χ0v) is 15.1. The monoisotopic (exact) mass is 354 g/mol. The number of benzene rings is 1. The molecule has 0 heterocycles. The first-order valence-corrected chi connectivity index (χ1v) is 9.39. The van der Waals surface area contributed by atoms with Crippen LogP contribution in [0.5, 0.6) is 5.75 Å². The Morgan fingerprint density at radius 3 is 2.58 bits per heavy atom. The molecule has 0 saturated carbocycles. The average molecular weight is 354 g/mol. The van der Waals surface area contributed by atoms with Gasteiger partial charge in [-0.2, -0.15) is 0 Å². The predicted octanol–water partition coefficient (Wildman–Crippen LogP) is 3.92. The Hall–Kier alpha value is -1.62. The predicted molar refractivity (Wildman–Crippen MR) is 91.0 cm³/mol. The van der Waals surface area contributed by atoms with Gasteiger partial charge in [-0.25, -0.2) is 9.36 Å². The van der Waals surface area contributed by atoms with E-state index in [1.807, 2.05) is 12.1 Å². The van der Waals surface area contributed by atoms with Crippen LogP contribution in [0.4, 0.5) is 0 Å². The molecule has 0 aromatic heterocycles. The highest BCUT2D eigenvalue weighted by Gasteiger charge is 2.28. The topological polar surface area (TPSA) is 71.1 Å². The highest BCUT2D eigenvalue weighted by molar-refractivity contribution is 7.48. The Morgan fingerprint density at radius 2 is 1.92 bits per heavy atom. The van der Waals surface area contributed by atoms with Crippen LogP contribution in [0.25, 0.3) is 6.08 Å². The number of carbonyl (C=O) groups is 1. The fourth-order valence-corrected chi connectivity index (χ4v) is 3.40. The summed E-state index contributed by atoms with van der Waals surface area (Å²) >= 11 is 0. The quantitative estimate of drug-likeness (QED) is 0.420. The molecule has 24 heavy (non-hydrogen) atoms. The third-order valence-electron chi connectivity index (χ3n) is 3.85. The van der Waals surface area contributed by atoms with Crippen LogP contribution in [0.15, 0.2) is 18.2 Å². The number of aryl methyl sites for hydroxylation is 1. The van der Waals surface area contributed by atoms with E-state index < -0.39 is 13.8 Å². The van der Waals surface area contributed by atoms with E-state index in [4.69, 9.17) is 18.3 Å². The molecule has 7 heteroatoms. The Bertz CT molecular complexity index is 659. The maximum atomic E-state index is 12.4. The van der Waals surface area contributed by atoms with Crippen molar-refractivity contribution in [2.24, 2.45) is 0 Å². The number of rotatable bonds is 7. The number of esters is 1. The minimum atomic E-state index is -3.69. The van der Waals surface area contributed by atoms with Crippen LogP contribution in [-0.2, 0) is 36.0 Å². The molecule has 0 spiro atoms. The van der Waals surface area contributed by atoms with Crippen molar-refractivity contribution in [2.45, 2.75) is 32.6 Å². The molecule has 2 rings (SSSR count). The molecule has 0 saturated heterocycles. The summed E-state index contributed by atoms with van der Waals surface area (Å²) in [6, 6.07) is 3.85. The SMILES string of the molecule is CCOC(=O)/C=C/c1ccc2c(c1OP(=O)(OC)OC)CCCC2. The van der Waals surface area contributed by atoms with E-state index in [0.29, 0.717) is 17.9 Å². The standard InChI is InChI=1S/C17H23O6P/c1-4-22-16(18)12-11-14-10-9-13-7-5-6-8-15(13)17(14)23-24(19,20-2)21-3/h9-12H,4-8H2,1-3H3/b12-11+. The normalized spacial score (nSPS) is 14.5. The van der Waals surface area contributed by atoms with Gasteiger partial charge in [-0.3, -0.25) is 9.05 Å². The van der Waals surface area contributed by atoms with Crippen molar-refractivity contribution < 1.29 is 27.7 Å². The highest BCUT2D eigenvalue weighted by Crippen LogP contribution is 2.50. The van der Waals surface area contributed by atoms with Gasteiger partial charge in [-0.05, 0) is 49.8 Å². The molecule has 0 aliphatic heterocycles. The summed E-state index contributed by atoms with van der Waals surface area (Å²) in [5.41, 5.74) is 2.78. The third kappa shape index (κ3) is 4.47. The largest absolute Gasteiger partial charge is 0.529 e.